The number of hydrogen-bond donors (Lipinski definition) is 1. The Bertz CT molecular complexity index is 485. The number of benzene rings is 1. The molecular formula is C13H14NNaO4. The van der Waals surface area contributed by atoms with Crippen molar-refractivity contribution < 1.29 is 49.0 Å². The van der Waals surface area contributed by atoms with Gasteiger partial charge in [0.15, 0.2) is 0 Å². The molecule has 0 aliphatic carbocycles. The Kier molecular flexibility index (Phi) is 8.14. The second kappa shape index (κ2) is 8.74. The maximum atomic E-state index is 11.0. The normalized spacial score (nSPS) is 10.3. The van der Waals surface area contributed by atoms with Gasteiger partial charge in [-0.25, -0.2) is 4.79 Å². The SMILES string of the molecule is COC(=O)/C=C(\C)Nc1ccccc1CC(=O)[O-].[Na+]. The summed E-state index contributed by atoms with van der Waals surface area (Å²) in [5.74, 6) is -1.63. The second-order valence-electron chi connectivity index (χ2n) is 3.68. The van der Waals surface area contributed by atoms with E-state index in [1.54, 1.807) is 31.2 Å². The van der Waals surface area contributed by atoms with Crippen molar-refractivity contribution >= 4 is 17.6 Å². The van der Waals surface area contributed by atoms with E-state index < -0.39 is 11.9 Å². The van der Waals surface area contributed by atoms with Gasteiger partial charge in [-0.2, -0.15) is 0 Å². The van der Waals surface area contributed by atoms with Crippen LogP contribution in [0.25, 0.3) is 0 Å². The van der Waals surface area contributed by atoms with Crippen molar-refractivity contribution in [1.82, 2.24) is 0 Å². The standard InChI is InChI=1S/C13H15NO4.Na/c1-9(7-13(17)18-2)14-11-6-4-3-5-10(11)8-12(15)16;/h3-7,14H,8H2,1-2H3,(H,15,16);/q;+1/p-1/b9-7+;. The molecule has 0 amide bonds. The maximum absolute atomic E-state index is 11.0. The Morgan fingerprint density at radius 2 is 2.00 bits per heavy atom. The molecule has 0 saturated carbocycles. The number of anilines is 1. The summed E-state index contributed by atoms with van der Waals surface area (Å²) in [6.07, 6.45) is 1.10. The molecule has 19 heavy (non-hydrogen) atoms. The van der Waals surface area contributed by atoms with Crippen molar-refractivity contribution in [3.63, 3.8) is 0 Å². The number of allylic oxidation sites excluding steroid dienone is 1. The third-order valence-electron chi connectivity index (χ3n) is 2.22. The van der Waals surface area contributed by atoms with Gasteiger partial charge in [0, 0.05) is 29.9 Å². The predicted octanol–water partition coefficient (Wildman–Crippen LogP) is -2.53. The van der Waals surface area contributed by atoms with E-state index >= 15 is 0 Å². The van der Waals surface area contributed by atoms with Crippen molar-refractivity contribution in [1.29, 1.82) is 0 Å². The quantitative estimate of drug-likeness (QED) is 0.363. The number of aliphatic carboxylic acids is 1. The van der Waals surface area contributed by atoms with Gasteiger partial charge in [-0.05, 0) is 18.6 Å². The first-order valence-electron chi connectivity index (χ1n) is 5.34. The summed E-state index contributed by atoms with van der Waals surface area (Å²) in [5, 5.41) is 13.6. The zero-order chi connectivity index (χ0) is 13.5. The Morgan fingerprint density at radius 3 is 2.58 bits per heavy atom. The van der Waals surface area contributed by atoms with Crippen LogP contribution in [0.15, 0.2) is 36.0 Å². The summed E-state index contributed by atoms with van der Waals surface area (Å²) in [6, 6.07) is 6.92. The number of esters is 1. The molecule has 1 aromatic carbocycles. The maximum Gasteiger partial charge on any atom is 1.00 e. The number of ether oxygens (including phenoxy) is 1. The van der Waals surface area contributed by atoms with Crippen LogP contribution in [-0.2, 0) is 20.7 Å². The molecule has 0 saturated heterocycles. The van der Waals surface area contributed by atoms with E-state index in [0.29, 0.717) is 16.9 Å². The van der Waals surface area contributed by atoms with Crippen LogP contribution in [0.2, 0.25) is 0 Å². The van der Waals surface area contributed by atoms with Gasteiger partial charge >= 0.3 is 35.5 Å². The van der Waals surface area contributed by atoms with Gasteiger partial charge in [0.25, 0.3) is 0 Å². The van der Waals surface area contributed by atoms with Gasteiger partial charge in [0.2, 0.25) is 0 Å². The summed E-state index contributed by atoms with van der Waals surface area (Å²) < 4.78 is 4.49. The molecule has 1 aromatic rings. The van der Waals surface area contributed by atoms with Crippen molar-refractivity contribution in [2.45, 2.75) is 13.3 Å². The number of carboxylic acids is 1. The van der Waals surface area contributed by atoms with Gasteiger partial charge in [-0.15, -0.1) is 0 Å². The molecule has 0 spiro atoms. The average Bonchev–Trinajstić information content (AvgIpc) is 2.30. The minimum absolute atomic E-state index is 0. The van der Waals surface area contributed by atoms with E-state index in [1.807, 2.05) is 0 Å². The largest absolute Gasteiger partial charge is 1.00 e. The Labute approximate surface area is 133 Å². The third-order valence-corrected chi connectivity index (χ3v) is 2.22. The zero-order valence-electron chi connectivity index (χ0n) is 11.2. The van der Waals surface area contributed by atoms with Crippen molar-refractivity contribution in [3.05, 3.63) is 41.6 Å². The summed E-state index contributed by atoms with van der Waals surface area (Å²) in [5.41, 5.74) is 1.78. The summed E-state index contributed by atoms with van der Waals surface area (Å²) in [4.78, 5) is 21.6. The van der Waals surface area contributed by atoms with Crippen LogP contribution in [0.1, 0.15) is 12.5 Å². The van der Waals surface area contributed by atoms with E-state index in [-0.39, 0.29) is 36.0 Å². The molecule has 0 aliphatic heterocycles. The topological polar surface area (TPSA) is 78.5 Å². The van der Waals surface area contributed by atoms with Gasteiger partial charge in [-0.3, -0.25) is 0 Å². The van der Waals surface area contributed by atoms with Gasteiger partial charge in [-0.1, -0.05) is 18.2 Å². The summed E-state index contributed by atoms with van der Waals surface area (Å²) in [7, 11) is 1.29. The Morgan fingerprint density at radius 1 is 1.37 bits per heavy atom. The van der Waals surface area contributed by atoms with E-state index in [2.05, 4.69) is 10.1 Å². The number of carboxylic acid groups (broad SMARTS) is 1. The molecule has 0 atom stereocenters. The third kappa shape index (κ3) is 6.42. The fourth-order valence-electron chi connectivity index (χ4n) is 1.44. The number of carbonyl (C=O) groups is 2. The second-order valence-corrected chi connectivity index (χ2v) is 3.68. The molecule has 1 N–H and O–H groups in total. The van der Waals surface area contributed by atoms with Crippen LogP contribution >= 0.6 is 0 Å². The number of carbonyl (C=O) groups excluding carboxylic acids is 2. The van der Waals surface area contributed by atoms with Crippen LogP contribution < -0.4 is 40.0 Å². The molecule has 96 valence electrons. The van der Waals surface area contributed by atoms with Crippen LogP contribution in [0.3, 0.4) is 0 Å². The number of rotatable bonds is 5. The molecule has 0 unspecified atom stereocenters. The molecule has 0 aromatic heterocycles. The van der Waals surface area contributed by atoms with E-state index in [1.165, 1.54) is 13.2 Å². The fourth-order valence-corrected chi connectivity index (χ4v) is 1.44. The molecule has 0 fully saturated rings. The van der Waals surface area contributed by atoms with Gasteiger partial charge in [0.05, 0.1) is 7.11 Å². The van der Waals surface area contributed by atoms with E-state index in [4.69, 9.17) is 0 Å². The molecule has 1 rings (SSSR count). The molecule has 5 nitrogen and oxygen atoms in total. The molecule has 0 bridgehead atoms. The number of nitrogens with one attached hydrogen (secondary N) is 1. The van der Waals surface area contributed by atoms with Gasteiger partial charge in [0.1, 0.15) is 0 Å². The van der Waals surface area contributed by atoms with Crippen LogP contribution in [0.5, 0.6) is 0 Å². The van der Waals surface area contributed by atoms with E-state index in [0.717, 1.165) is 0 Å². The van der Waals surface area contributed by atoms with Crippen molar-refractivity contribution in [3.8, 4) is 0 Å². The molecule has 0 heterocycles. The van der Waals surface area contributed by atoms with Crippen LogP contribution in [-0.4, -0.2) is 19.0 Å². The van der Waals surface area contributed by atoms with Gasteiger partial charge < -0.3 is 20.0 Å². The Balaban J connectivity index is 0.00000324. The van der Waals surface area contributed by atoms with E-state index in [9.17, 15) is 14.7 Å². The molecule has 0 radical (unpaired) electrons. The zero-order valence-corrected chi connectivity index (χ0v) is 13.2. The number of hydrogen-bond acceptors (Lipinski definition) is 5. The monoisotopic (exact) mass is 271 g/mol. The predicted molar refractivity (Wildman–Crippen MR) is 64.5 cm³/mol. The number of para-hydroxylation sites is 1. The smallest absolute Gasteiger partial charge is 0.550 e. The first-order valence-corrected chi connectivity index (χ1v) is 5.34. The number of methoxy groups -OCH3 is 1. The fraction of sp³-hybridized carbons (Fsp3) is 0.231. The summed E-state index contributed by atoms with van der Waals surface area (Å²) in [6.45, 7) is 1.69. The molecule has 0 aliphatic rings. The van der Waals surface area contributed by atoms with Crippen LogP contribution in [0, 0.1) is 0 Å². The molecule has 6 heteroatoms. The minimum Gasteiger partial charge on any atom is -0.550 e. The van der Waals surface area contributed by atoms with Crippen molar-refractivity contribution in [2.75, 3.05) is 12.4 Å². The first kappa shape index (κ1) is 17.7. The summed E-state index contributed by atoms with van der Waals surface area (Å²) >= 11 is 0. The minimum atomic E-state index is -1.15. The first-order chi connectivity index (χ1) is 8.52. The van der Waals surface area contributed by atoms with Crippen molar-refractivity contribution in [2.24, 2.45) is 0 Å². The Hall–Kier alpha value is -1.30. The average molecular weight is 271 g/mol. The van der Waals surface area contributed by atoms with Crippen LogP contribution in [0.4, 0.5) is 5.69 Å². The molecular weight excluding hydrogens is 257 g/mol.